The van der Waals surface area contributed by atoms with E-state index in [1.54, 1.807) is 4.68 Å². The lowest BCUT2D eigenvalue weighted by Crippen LogP contribution is -2.49. The van der Waals surface area contributed by atoms with Gasteiger partial charge in [-0.1, -0.05) is 18.2 Å². The van der Waals surface area contributed by atoms with Gasteiger partial charge in [0.25, 0.3) is 5.91 Å². The van der Waals surface area contributed by atoms with Crippen molar-refractivity contribution in [2.24, 2.45) is 24.8 Å². The van der Waals surface area contributed by atoms with Crippen molar-refractivity contribution in [2.75, 3.05) is 7.05 Å². The normalized spacial score (nSPS) is 28.2. The highest BCUT2D eigenvalue weighted by atomic mass is 16.2. The van der Waals surface area contributed by atoms with Gasteiger partial charge in [-0.3, -0.25) is 9.48 Å². The Morgan fingerprint density at radius 2 is 1.72 bits per heavy atom. The second kappa shape index (κ2) is 7.32. The second-order valence-electron chi connectivity index (χ2n) is 10.6. The molecule has 0 saturated heterocycles. The van der Waals surface area contributed by atoms with E-state index in [4.69, 9.17) is 5.10 Å². The highest BCUT2D eigenvalue weighted by Gasteiger charge is 2.54. The summed E-state index contributed by atoms with van der Waals surface area (Å²) >= 11 is 0. The van der Waals surface area contributed by atoms with Crippen LogP contribution in [0.3, 0.4) is 0 Å². The van der Waals surface area contributed by atoms with Crippen LogP contribution in [-0.2, 0) is 19.0 Å². The fourth-order valence-electron chi connectivity index (χ4n) is 7.14. The van der Waals surface area contributed by atoms with Crippen LogP contribution in [0.2, 0.25) is 0 Å². The van der Waals surface area contributed by atoms with Crippen molar-refractivity contribution in [2.45, 2.75) is 50.5 Å². The fraction of sp³-hybridized carbons (Fsp3) is 0.500. The third-order valence-electron chi connectivity index (χ3n) is 8.03. The second-order valence-corrected chi connectivity index (χ2v) is 10.6. The van der Waals surface area contributed by atoms with Gasteiger partial charge in [-0.25, -0.2) is 4.68 Å². The van der Waals surface area contributed by atoms with Crippen LogP contribution in [0.5, 0.6) is 0 Å². The zero-order valence-electron chi connectivity index (χ0n) is 18.9. The Balaban J connectivity index is 1.40. The predicted molar refractivity (Wildman–Crippen MR) is 122 cm³/mol. The summed E-state index contributed by atoms with van der Waals surface area (Å²) in [5.74, 6) is 2.47. The minimum atomic E-state index is 0.0572. The summed E-state index contributed by atoms with van der Waals surface area (Å²) in [4.78, 5) is 15.6. The van der Waals surface area contributed by atoms with Crippen LogP contribution in [0, 0.1) is 17.8 Å². The van der Waals surface area contributed by atoms with Crippen molar-refractivity contribution in [3.05, 3.63) is 65.7 Å². The summed E-state index contributed by atoms with van der Waals surface area (Å²) in [6, 6.07) is 10.2. The highest BCUT2D eigenvalue weighted by molar-refractivity contribution is 5.95. The van der Waals surface area contributed by atoms with E-state index in [-0.39, 0.29) is 11.3 Å². The Hall–Kier alpha value is -2.89. The van der Waals surface area contributed by atoms with Crippen LogP contribution in [0.25, 0.3) is 5.69 Å². The summed E-state index contributed by atoms with van der Waals surface area (Å²) in [5, 5.41) is 9.39. The zero-order valence-corrected chi connectivity index (χ0v) is 18.9. The maximum atomic E-state index is 13.8. The maximum Gasteiger partial charge on any atom is 0.257 e. The molecule has 6 heteroatoms. The van der Waals surface area contributed by atoms with E-state index in [1.165, 1.54) is 38.5 Å². The first-order chi connectivity index (χ1) is 15.5. The number of rotatable bonds is 5. The molecule has 4 bridgehead atoms. The molecule has 1 aromatic carbocycles. The number of aromatic nitrogens is 4. The molecule has 2 aromatic heterocycles. The number of carbonyl (C=O) groups excluding carboxylic acids is 1. The average molecular weight is 430 g/mol. The molecule has 0 unspecified atom stereocenters. The molecule has 4 aliphatic rings. The monoisotopic (exact) mass is 429 g/mol. The van der Waals surface area contributed by atoms with Crippen LogP contribution in [0.1, 0.15) is 60.1 Å². The van der Waals surface area contributed by atoms with Crippen molar-refractivity contribution in [3.63, 3.8) is 0 Å². The van der Waals surface area contributed by atoms with Gasteiger partial charge in [-0.15, -0.1) is 0 Å². The van der Waals surface area contributed by atoms with Gasteiger partial charge in [0.05, 0.1) is 23.1 Å². The first-order valence-corrected chi connectivity index (χ1v) is 11.9. The molecule has 6 nitrogen and oxygen atoms in total. The molecular weight excluding hydrogens is 398 g/mol. The van der Waals surface area contributed by atoms with E-state index in [1.807, 2.05) is 60.5 Å². The summed E-state index contributed by atoms with van der Waals surface area (Å²) in [7, 11) is 3.79. The summed E-state index contributed by atoms with van der Waals surface area (Å²) in [6.07, 6.45) is 13.5. The van der Waals surface area contributed by atoms with E-state index in [2.05, 4.69) is 17.2 Å². The first kappa shape index (κ1) is 19.8. The Labute approximate surface area is 189 Å². The number of nitrogens with zero attached hydrogens (tertiary/aromatic N) is 5. The van der Waals surface area contributed by atoms with Gasteiger partial charge in [0.2, 0.25) is 0 Å². The lowest BCUT2D eigenvalue weighted by atomic mass is 9.48. The Kier molecular flexibility index (Phi) is 4.52. The van der Waals surface area contributed by atoms with E-state index >= 15 is 0 Å². The molecule has 32 heavy (non-hydrogen) atoms. The molecular formula is C26H31N5O. The first-order valence-electron chi connectivity index (χ1n) is 11.9. The molecule has 4 aliphatic carbocycles. The molecule has 7 rings (SSSR count). The fourth-order valence-corrected chi connectivity index (χ4v) is 7.14. The van der Waals surface area contributed by atoms with Gasteiger partial charge in [0.1, 0.15) is 0 Å². The standard InChI is InChI=1S/C26H31N5O/c1-29(15-21-14-27-30(2)16-21)25(32)23-17-31(22-6-4-3-5-7-22)28-24(23)26-11-18-8-19(12-26)10-20(9-18)13-26/h3-7,14,16-20H,8-13,15H2,1-2H3. The summed E-state index contributed by atoms with van der Waals surface area (Å²) in [6.45, 7) is 0.545. The molecule has 1 amide bonds. The van der Waals surface area contributed by atoms with Crippen molar-refractivity contribution in [1.29, 1.82) is 0 Å². The molecule has 3 aromatic rings. The van der Waals surface area contributed by atoms with Gasteiger partial charge < -0.3 is 4.90 Å². The van der Waals surface area contributed by atoms with Crippen LogP contribution in [-0.4, -0.2) is 37.4 Å². The minimum Gasteiger partial charge on any atom is -0.337 e. The molecule has 0 atom stereocenters. The number of aryl methyl sites for hydroxylation is 1. The Morgan fingerprint density at radius 3 is 2.31 bits per heavy atom. The third-order valence-corrected chi connectivity index (χ3v) is 8.03. The largest absolute Gasteiger partial charge is 0.337 e. The maximum absolute atomic E-state index is 13.8. The summed E-state index contributed by atoms with van der Waals surface area (Å²) < 4.78 is 3.71. The van der Waals surface area contributed by atoms with Gasteiger partial charge in [-0.2, -0.15) is 10.2 Å². The molecule has 4 fully saturated rings. The number of hydrogen-bond acceptors (Lipinski definition) is 3. The Morgan fingerprint density at radius 1 is 1.06 bits per heavy atom. The quantitative estimate of drug-likeness (QED) is 0.606. The van der Waals surface area contributed by atoms with E-state index < -0.39 is 0 Å². The molecule has 0 N–H and O–H groups in total. The zero-order chi connectivity index (χ0) is 21.9. The predicted octanol–water partition coefficient (Wildman–Crippen LogP) is 4.35. The van der Waals surface area contributed by atoms with Crippen molar-refractivity contribution in [1.82, 2.24) is 24.5 Å². The molecule has 0 spiro atoms. The average Bonchev–Trinajstić information content (AvgIpc) is 3.40. The number of benzene rings is 1. The van der Waals surface area contributed by atoms with Crippen molar-refractivity contribution in [3.8, 4) is 5.69 Å². The Bertz CT molecular complexity index is 1110. The van der Waals surface area contributed by atoms with Crippen molar-refractivity contribution < 1.29 is 4.79 Å². The van der Waals surface area contributed by atoms with Crippen LogP contribution in [0.15, 0.2) is 48.9 Å². The third kappa shape index (κ3) is 3.28. The van der Waals surface area contributed by atoms with E-state index in [0.717, 1.165) is 40.3 Å². The lowest BCUT2D eigenvalue weighted by Gasteiger charge is -2.56. The molecule has 0 radical (unpaired) electrons. The van der Waals surface area contributed by atoms with Crippen LogP contribution >= 0.6 is 0 Å². The van der Waals surface area contributed by atoms with Gasteiger partial charge in [-0.05, 0) is 68.4 Å². The molecule has 2 heterocycles. The minimum absolute atomic E-state index is 0.0572. The number of hydrogen-bond donors (Lipinski definition) is 0. The van der Waals surface area contributed by atoms with Gasteiger partial charge >= 0.3 is 0 Å². The van der Waals surface area contributed by atoms with E-state index in [0.29, 0.717) is 6.54 Å². The van der Waals surface area contributed by atoms with Gasteiger partial charge in [0.15, 0.2) is 0 Å². The number of amides is 1. The smallest absolute Gasteiger partial charge is 0.257 e. The molecule has 166 valence electrons. The van der Waals surface area contributed by atoms with Crippen LogP contribution < -0.4 is 0 Å². The number of para-hydroxylation sites is 1. The lowest BCUT2D eigenvalue weighted by molar-refractivity contribution is -0.00783. The van der Waals surface area contributed by atoms with Crippen LogP contribution in [0.4, 0.5) is 0 Å². The topological polar surface area (TPSA) is 56.0 Å². The molecule has 0 aliphatic heterocycles. The van der Waals surface area contributed by atoms with Crippen molar-refractivity contribution >= 4 is 5.91 Å². The van der Waals surface area contributed by atoms with Gasteiger partial charge in [0, 0.05) is 44.0 Å². The highest BCUT2D eigenvalue weighted by Crippen LogP contribution is 2.61. The summed E-state index contributed by atoms with van der Waals surface area (Å²) in [5.41, 5.74) is 3.93. The SMILES string of the molecule is CN(Cc1cnn(C)c1)C(=O)c1cn(-c2ccccc2)nc1C12CC3CC(CC(C3)C1)C2. The number of carbonyl (C=O) groups is 1. The van der Waals surface area contributed by atoms with E-state index in [9.17, 15) is 4.79 Å². The molecule has 4 saturated carbocycles.